The number of hydrogen-bond acceptors (Lipinski definition) is 3. The van der Waals surface area contributed by atoms with Gasteiger partial charge in [0.05, 0.1) is 25.4 Å². The third-order valence-corrected chi connectivity index (χ3v) is 4.60. The molecule has 3 nitrogen and oxygen atoms in total. The number of furan rings is 1. The Balaban J connectivity index is 1.45. The molecule has 0 amide bonds. The van der Waals surface area contributed by atoms with Crippen molar-refractivity contribution >= 4 is 16.8 Å². The van der Waals surface area contributed by atoms with Gasteiger partial charge in [-0.2, -0.15) is 0 Å². The maximum atomic E-state index is 5.67. The van der Waals surface area contributed by atoms with Gasteiger partial charge in [-0.3, -0.25) is 0 Å². The summed E-state index contributed by atoms with van der Waals surface area (Å²) in [5.41, 5.74) is 3.47. The first kappa shape index (κ1) is 16.0. The van der Waals surface area contributed by atoms with Gasteiger partial charge in [0.15, 0.2) is 6.29 Å². The molecule has 1 aromatic heterocycles. The molecule has 0 N–H and O–H groups in total. The summed E-state index contributed by atoms with van der Waals surface area (Å²) in [5, 5.41) is 2.53. The topological polar surface area (TPSA) is 31.6 Å². The van der Waals surface area contributed by atoms with Gasteiger partial charge < -0.3 is 13.9 Å². The second-order valence-electron chi connectivity index (χ2n) is 6.45. The Kier molecular flexibility index (Phi) is 4.84. The number of benzene rings is 2. The summed E-state index contributed by atoms with van der Waals surface area (Å²) in [6.45, 7) is 0.789. The van der Waals surface area contributed by atoms with Gasteiger partial charge in [-0.25, -0.2) is 0 Å². The van der Waals surface area contributed by atoms with Crippen LogP contribution in [0.3, 0.4) is 0 Å². The fraction of sp³-hybridized carbons (Fsp3) is 0.273. The van der Waals surface area contributed by atoms with Crippen molar-refractivity contribution in [3.8, 4) is 0 Å². The lowest BCUT2D eigenvalue weighted by atomic mass is 10.0. The molecule has 25 heavy (non-hydrogen) atoms. The SMILES string of the molecule is C(=C\c1cocc1Cc1ccc2ccccc2c1)/OC1CCCCO1. The summed E-state index contributed by atoms with van der Waals surface area (Å²) in [6, 6.07) is 15.0. The highest BCUT2D eigenvalue weighted by molar-refractivity contribution is 5.83. The molecule has 0 aliphatic carbocycles. The highest BCUT2D eigenvalue weighted by atomic mass is 16.7. The summed E-state index contributed by atoms with van der Waals surface area (Å²) in [5.74, 6) is 0. The average molecular weight is 334 g/mol. The predicted octanol–water partition coefficient (Wildman–Crippen LogP) is 5.54. The van der Waals surface area contributed by atoms with E-state index >= 15 is 0 Å². The Hall–Kier alpha value is -2.52. The Morgan fingerprint density at radius 2 is 1.96 bits per heavy atom. The number of fused-ring (bicyclic) bond motifs is 1. The molecule has 128 valence electrons. The summed E-state index contributed by atoms with van der Waals surface area (Å²) < 4.78 is 16.7. The molecule has 1 fully saturated rings. The number of ether oxygens (including phenoxy) is 2. The highest BCUT2D eigenvalue weighted by Crippen LogP contribution is 2.21. The van der Waals surface area contributed by atoms with Crippen molar-refractivity contribution in [1.29, 1.82) is 0 Å². The van der Waals surface area contributed by atoms with E-state index in [0.717, 1.165) is 43.4 Å². The highest BCUT2D eigenvalue weighted by Gasteiger charge is 2.13. The molecule has 0 bridgehead atoms. The van der Waals surface area contributed by atoms with Crippen molar-refractivity contribution in [3.63, 3.8) is 0 Å². The van der Waals surface area contributed by atoms with Gasteiger partial charge in [-0.05, 0) is 35.3 Å². The van der Waals surface area contributed by atoms with Crippen LogP contribution in [0.1, 0.15) is 36.0 Å². The van der Waals surface area contributed by atoms with Crippen LogP contribution < -0.4 is 0 Å². The van der Waals surface area contributed by atoms with Crippen molar-refractivity contribution in [1.82, 2.24) is 0 Å². The van der Waals surface area contributed by atoms with Gasteiger partial charge in [0.1, 0.15) is 0 Å². The number of rotatable bonds is 5. The van der Waals surface area contributed by atoms with E-state index in [0.29, 0.717) is 0 Å². The maximum Gasteiger partial charge on any atom is 0.198 e. The van der Waals surface area contributed by atoms with Crippen molar-refractivity contribution < 1.29 is 13.9 Å². The lowest BCUT2D eigenvalue weighted by Gasteiger charge is -2.21. The minimum atomic E-state index is -0.110. The van der Waals surface area contributed by atoms with E-state index in [1.807, 2.05) is 12.3 Å². The van der Waals surface area contributed by atoms with Crippen molar-refractivity contribution in [3.05, 3.63) is 77.9 Å². The smallest absolute Gasteiger partial charge is 0.198 e. The van der Waals surface area contributed by atoms with E-state index < -0.39 is 0 Å². The third kappa shape index (κ3) is 3.94. The van der Waals surface area contributed by atoms with Crippen LogP contribution in [-0.2, 0) is 15.9 Å². The molecular formula is C22H22O3. The zero-order valence-electron chi connectivity index (χ0n) is 14.2. The van der Waals surface area contributed by atoms with Gasteiger partial charge in [0.25, 0.3) is 0 Å². The molecule has 1 atom stereocenters. The lowest BCUT2D eigenvalue weighted by Crippen LogP contribution is -2.19. The van der Waals surface area contributed by atoms with Crippen LogP contribution in [0.4, 0.5) is 0 Å². The molecule has 0 spiro atoms. The quantitative estimate of drug-likeness (QED) is 0.574. The van der Waals surface area contributed by atoms with E-state index in [2.05, 4.69) is 42.5 Å². The first-order valence-corrected chi connectivity index (χ1v) is 8.85. The van der Waals surface area contributed by atoms with Gasteiger partial charge in [-0.15, -0.1) is 0 Å². The van der Waals surface area contributed by atoms with Gasteiger partial charge in [0.2, 0.25) is 0 Å². The summed E-state index contributed by atoms with van der Waals surface area (Å²) in [7, 11) is 0. The van der Waals surface area contributed by atoms with E-state index in [9.17, 15) is 0 Å². The lowest BCUT2D eigenvalue weighted by molar-refractivity contribution is -0.129. The first-order valence-electron chi connectivity index (χ1n) is 8.85. The molecule has 3 aromatic rings. The second kappa shape index (κ2) is 7.58. The maximum absolute atomic E-state index is 5.67. The molecule has 3 heteroatoms. The molecule has 1 aliphatic rings. The molecule has 1 aliphatic heterocycles. The van der Waals surface area contributed by atoms with Crippen molar-refractivity contribution in [2.75, 3.05) is 6.61 Å². The normalized spacial score (nSPS) is 18.0. The van der Waals surface area contributed by atoms with Crippen LogP contribution in [0.25, 0.3) is 16.8 Å². The Morgan fingerprint density at radius 3 is 2.84 bits per heavy atom. The van der Waals surface area contributed by atoms with Gasteiger partial charge in [-0.1, -0.05) is 42.5 Å². The monoisotopic (exact) mass is 334 g/mol. The molecule has 0 saturated carbocycles. The molecule has 2 aromatic carbocycles. The standard InChI is InChI=1S/C22H22O3/c1-2-6-19-13-17(8-9-18(19)5-1)14-21-16-23-15-20(21)10-12-25-22-7-3-4-11-24-22/h1-2,5-6,8-10,12-13,15-16,22H,3-4,7,11,14H2/b12-10+. The van der Waals surface area contributed by atoms with Crippen LogP contribution in [0.15, 0.2) is 65.7 Å². The van der Waals surface area contributed by atoms with E-state index in [1.54, 1.807) is 12.5 Å². The Labute approximate surface area is 147 Å². The minimum absolute atomic E-state index is 0.110. The molecule has 2 heterocycles. The van der Waals surface area contributed by atoms with E-state index in [-0.39, 0.29) is 6.29 Å². The second-order valence-corrected chi connectivity index (χ2v) is 6.45. The van der Waals surface area contributed by atoms with Crippen LogP contribution in [0.5, 0.6) is 0 Å². The summed E-state index contributed by atoms with van der Waals surface area (Å²) in [6.07, 6.45) is 11.2. The Morgan fingerprint density at radius 1 is 1.04 bits per heavy atom. The van der Waals surface area contributed by atoms with Crippen molar-refractivity contribution in [2.45, 2.75) is 32.0 Å². The van der Waals surface area contributed by atoms with Crippen LogP contribution in [0, 0.1) is 0 Å². The largest absolute Gasteiger partial charge is 0.473 e. The minimum Gasteiger partial charge on any atom is -0.473 e. The third-order valence-electron chi connectivity index (χ3n) is 4.60. The molecule has 4 rings (SSSR count). The molecule has 0 radical (unpaired) electrons. The Bertz CT molecular complexity index is 856. The van der Waals surface area contributed by atoms with Crippen LogP contribution in [-0.4, -0.2) is 12.9 Å². The summed E-state index contributed by atoms with van der Waals surface area (Å²) in [4.78, 5) is 0. The van der Waals surface area contributed by atoms with Crippen molar-refractivity contribution in [2.24, 2.45) is 0 Å². The molecule has 1 unspecified atom stereocenters. The van der Waals surface area contributed by atoms with Gasteiger partial charge >= 0.3 is 0 Å². The summed E-state index contributed by atoms with van der Waals surface area (Å²) >= 11 is 0. The zero-order chi connectivity index (χ0) is 16.9. The zero-order valence-corrected chi connectivity index (χ0v) is 14.2. The number of hydrogen-bond donors (Lipinski definition) is 0. The van der Waals surface area contributed by atoms with Gasteiger partial charge in [0, 0.05) is 24.0 Å². The van der Waals surface area contributed by atoms with E-state index in [4.69, 9.17) is 13.9 Å². The fourth-order valence-electron chi connectivity index (χ4n) is 3.21. The molecular weight excluding hydrogens is 312 g/mol. The first-order chi connectivity index (χ1) is 12.4. The fourth-order valence-corrected chi connectivity index (χ4v) is 3.21. The van der Waals surface area contributed by atoms with Crippen LogP contribution >= 0.6 is 0 Å². The van der Waals surface area contributed by atoms with Crippen LogP contribution in [0.2, 0.25) is 0 Å². The predicted molar refractivity (Wildman–Crippen MR) is 99.2 cm³/mol. The van der Waals surface area contributed by atoms with E-state index in [1.165, 1.54) is 16.3 Å². The average Bonchev–Trinajstić information content (AvgIpc) is 3.09. The molecule has 1 saturated heterocycles.